The molecule has 1 saturated heterocycles. The number of benzene rings is 1. The van der Waals surface area contributed by atoms with Gasteiger partial charge in [0.25, 0.3) is 0 Å². The third-order valence-electron chi connectivity index (χ3n) is 2.07. The number of halogens is 2. The molecule has 1 aromatic carbocycles. The molecule has 0 saturated carbocycles. The molecule has 2 rings (SSSR count). The van der Waals surface area contributed by atoms with Gasteiger partial charge in [-0.05, 0) is 34.1 Å². The topological polar surface area (TPSA) is 24.1 Å². The van der Waals surface area contributed by atoms with E-state index in [0.29, 0.717) is 6.04 Å². The fraction of sp³-hybridized carbons (Fsp3) is 0.333. The van der Waals surface area contributed by atoms with Crippen LogP contribution in [-0.2, 0) is 0 Å². The summed E-state index contributed by atoms with van der Waals surface area (Å²) < 4.78 is 2.22. The molecule has 1 aromatic rings. The monoisotopic (exact) mass is 304 g/mol. The molecule has 1 fully saturated rings. The first-order valence-corrected chi connectivity index (χ1v) is 5.76. The van der Waals surface area contributed by atoms with Crippen LogP contribution in [-0.4, -0.2) is 19.1 Å². The summed E-state index contributed by atoms with van der Waals surface area (Å²) >= 11 is 6.96. The van der Waals surface area contributed by atoms with E-state index in [9.17, 15) is 0 Å². The summed E-state index contributed by atoms with van der Waals surface area (Å²) in [5.41, 5.74) is 1.15. The number of anilines is 1. The minimum absolute atomic E-state index is 0.575. The Balaban J connectivity index is 2.13. The van der Waals surface area contributed by atoms with Gasteiger partial charge in [-0.15, -0.1) is 0 Å². The van der Waals surface area contributed by atoms with Gasteiger partial charge in [0.1, 0.15) is 0 Å². The van der Waals surface area contributed by atoms with E-state index < -0.39 is 0 Å². The van der Waals surface area contributed by atoms with Crippen LogP contribution in [0.15, 0.2) is 27.1 Å². The minimum atomic E-state index is 0.575. The van der Waals surface area contributed by atoms with Crippen LogP contribution in [0, 0.1) is 0 Å². The second-order valence-electron chi connectivity index (χ2n) is 3.12. The summed E-state index contributed by atoms with van der Waals surface area (Å²) in [6.07, 6.45) is 0. The molecule has 0 amide bonds. The highest BCUT2D eigenvalue weighted by molar-refractivity contribution is 9.11. The Bertz CT molecular complexity index is 310. The van der Waals surface area contributed by atoms with Gasteiger partial charge in [0, 0.05) is 27.7 Å². The third kappa shape index (κ3) is 2.24. The van der Waals surface area contributed by atoms with E-state index in [2.05, 4.69) is 48.6 Å². The number of hydrogen-bond donors (Lipinski definition) is 2. The molecule has 0 atom stereocenters. The highest BCUT2D eigenvalue weighted by Gasteiger charge is 2.16. The Morgan fingerprint density at radius 3 is 2.69 bits per heavy atom. The molecule has 0 bridgehead atoms. The van der Waals surface area contributed by atoms with Gasteiger partial charge < -0.3 is 10.6 Å². The molecule has 0 unspecified atom stereocenters. The van der Waals surface area contributed by atoms with E-state index in [1.165, 1.54) is 0 Å². The van der Waals surface area contributed by atoms with Crippen molar-refractivity contribution in [2.24, 2.45) is 0 Å². The van der Waals surface area contributed by atoms with Crippen molar-refractivity contribution in [3.05, 3.63) is 27.1 Å². The first kappa shape index (κ1) is 9.49. The van der Waals surface area contributed by atoms with Gasteiger partial charge in [-0.1, -0.05) is 15.9 Å². The van der Waals surface area contributed by atoms with Crippen LogP contribution in [0.4, 0.5) is 5.69 Å². The van der Waals surface area contributed by atoms with Crippen molar-refractivity contribution in [2.45, 2.75) is 6.04 Å². The van der Waals surface area contributed by atoms with Crippen LogP contribution in [0.25, 0.3) is 0 Å². The van der Waals surface area contributed by atoms with Crippen LogP contribution < -0.4 is 10.6 Å². The summed E-state index contributed by atoms with van der Waals surface area (Å²) in [6, 6.07) is 6.72. The Labute approximate surface area is 94.4 Å². The lowest BCUT2D eigenvalue weighted by atomic mass is 10.1. The van der Waals surface area contributed by atoms with Crippen LogP contribution in [0.3, 0.4) is 0 Å². The summed E-state index contributed by atoms with van der Waals surface area (Å²) in [7, 11) is 0. The van der Waals surface area contributed by atoms with Crippen molar-refractivity contribution >= 4 is 37.5 Å². The SMILES string of the molecule is Brc1ccc(Br)c(NC2CNC2)c1. The second kappa shape index (κ2) is 3.98. The molecule has 70 valence electrons. The number of nitrogens with one attached hydrogen (secondary N) is 2. The lowest BCUT2D eigenvalue weighted by Gasteiger charge is -2.29. The van der Waals surface area contributed by atoms with E-state index in [4.69, 9.17) is 0 Å². The van der Waals surface area contributed by atoms with Gasteiger partial charge in [-0.25, -0.2) is 0 Å². The fourth-order valence-corrected chi connectivity index (χ4v) is 1.94. The first-order chi connectivity index (χ1) is 6.25. The van der Waals surface area contributed by atoms with E-state index in [1.54, 1.807) is 0 Å². The lowest BCUT2D eigenvalue weighted by molar-refractivity contribution is 0.472. The molecule has 1 aliphatic rings. The van der Waals surface area contributed by atoms with Crippen molar-refractivity contribution in [1.29, 1.82) is 0 Å². The average Bonchev–Trinajstić information content (AvgIpc) is 2.03. The van der Waals surface area contributed by atoms with Gasteiger partial charge in [0.2, 0.25) is 0 Å². The van der Waals surface area contributed by atoms with Crippen molar-refractivity contribution in [1.82, 2.24) is 5.32 Å². The molecule has 1 aliphatic heterocycles. The maximum atomic E-state index is 3.51. The summed E-state index contributed by atoms with van der Waals surface area (Å²) in [4.78, 5) is 0. The average molecular weight is 306 g/mol. The summed E-state index contributed by atoms with van der Waals surface area (Å²) in [5, 5.41) is 6.67. The van der Waals surface area contributed by atoms with Gasteiger partial charge in [0.15, 0.2) is 0 Å². The predicted molar refractivity (Wildman–Crippen MR) is 62.1 cm³/mol. The zero-order valence-corrected chi connectivity index (χ0v) is 10.2. The normalized spacial score (nSPS) is 16.8. The molecule has 4 heteroatoms. The molecule has 0 aromatic heterocycles. The third-order valence-corrected chi connectivity index (χ3v) is 3.25. The van der Waals surface area contributed by atoms with Crippen LogP contribution >= 0.6 is 31.9 Å². The standard InChI is InChI=1S/C9H10Br2N2/c10-6-1-2-8(11)9(3-6)13-7-4-12-5-7/h1-3,7,12-13H,4-5H2. The van der Waals surface area contributed by atoms with Crippen molar-refractivity contribution in [2.75, 3.05) is 18.4 Å². The molecule has 2 N–H and O–H groups in total. The zero-order chi connectivity index (χ0) is 9.26. The van der Waals surface area contributed by atoms with Crippen LogP contribution in [0.1, 0.15) is 0 Å². The van der Waals surface area contributed by atoms with E-state index in [1.807, 2.05) is 12.1 Å². The predicted octanol–water partition coefficient (Wildman–Crippen LogP) is 2.60. The highest BCUT2D eigenvalue weighted by atomic mass is 79.9. The van der Waals surface area contributed by atoms with E-state index in [0.717, 1.165) is 27.7 Å². The highest BCUT2D eigenvalue weighted by Crippen LogP contribution is 2.26. The maximum absolute atomic E-state index is 3.51. The maximum Gasteiger partial charge on any atom is 0.0510 e. The molecule has 0 aliphatic carbocycles. The molecular weight excluding hydrogens is 296 g/mol. The van der Waals surface area contributed by atoms with Crippen LogP contribution in [0.2, 0.25) is 0 Å². The first-order valence-electron chi connectivity index (χ1n) is 4.18. The molecular formula is C9H10Br2N2. The molecule has 2 nitrogen and oxygen atoms in total. The molecule has 1 heterocycles. The van der Waals surface area contributed by atoms with Gasteiger partial charge >= 0.3 is 0 Å². The quantitative estimate of drug-likeness (QED) is 0.877. The van der Waals surface area contributed by atoms with Crippen LogP contribution in [0.5, 0.6) is 0 Å². The Morgan fingerprint density at radius 2 is 2.08 bits per heavy atom. The Kier molecular flexibility index (Phi) is 2.91. The molecule has 0 radical (unpaired) electrons. The summed E-state index contributed by atoms with van der Waals surface area (Å²) in [5.74, 6) is 0. The fourth-order valence-electron chi connectivity index (χ4n) is 1.22. The van der Waals surface area contributed by atoms with Gasteiger partial charge in [-0.2, -0.15) is 0 Å². The van der Waals surface area contributed by atoms with Crippen molar-refractivity contribution in [3.8, 4) is 0 Å². The molecule has 13 heavy (non-hydrogen) atoms. The van der Waals surface area contributed by atoms with Crippen molar-refractivity contribution < 1.29 is 0 Å². The lowest BCUT2D eigenvalue weighted by Crippen LogP contribution is -2.51. The minimum Gasteiger partial charge on any atom is -0.379 e. The Hall–Kier alpha value is -0.0600. The van der Waals surface area contributed by atoms with E-state index >= 15 is 0 Å². The summed E-state index contributed by atoms with van der Waals surface area (Å²) in [6.45, 7) is 2.11. The Morgan fingerprint density at radius 1 is 1.31 bits per heavy atom. The zero-order valence-electron chi connectivity index (χ0n) is 6.98. The number of rotatable bonds is 2. The smallest absolute Gasteiger partial charge is 0.0510 e. The molecule has 0 spiro atoms. The van der Waals surface area contributed by atoms with Crippen molar-refractivity contribution in [3.63, 3.8) is 0 Å². The number of hydrogen-bond acceptors (Lipinski definition) is 2. The van der Waals surface area contributed by atoms with Gasteiger partial charge in [0.05, 0.1) is 6.04 Å². The second-order valence-corrected chi connectivity index (χ2v) is 4.89. The van der Waals surface area contributed by atoms with Gasteiger partial charge in [-0.3, -0.25) is 0 Å². The largest absolute Gasteiger partial charge is 0.379 e. The van der Waals surface area contributed by atoms with E-state index in [-0.39, 0.29) is 0 Å².